The Morgan fingerprint density at radius 2 is 1.70 bits per heavy atom. The van der Waals surface area contributed by atoms with Crippen molar-refractivity contribution in [3.8, 4) is 0 Å². The highest BCUT2D eigenvalue weighted by molar-refractivity contribution is 7.80. The molecule has 0 saturated carbocycles. The highest BCUT2D eigenvalue weighted by Crippen LogP contribution is 2.04. The van der Waals surface area contributed by atoms with Gasteiger partial charge in [0.05, 0.1) is 6.04 Å². The zero-order valence-electron chi connectivity index (χ0n) is 12.7. The fourth-order valence-electron chi connectivity index (χ4n) is 1.82. The van der Waals surface area contributed by atoms with Gasteiger partial charge in [0.15, 0.2) is 0 Å². The maximum atomic E-state index is 12.3. The molecule has 0 aliphatic heterocycles. The van der Waals surface area contributed by atoms with E-state index in [0.29, 0.717) is 0 Å². The van der Waals surface area contributed by atoms with Gasteiger partial charge in [-0.05, 0) is 12.5 Å². The number of carbonyl (C=O) groups is 3. The molecule has 0 radical (unpaired) electrons. The lowest BCUT2D eigenvalue weighted by Crippen LogP contribution is -2.55. The number of hydrogen-bond acceptors (Lipinski definition) is 5. The van der Waals surface area contributed by atoms with Gasteiger partial charge in [-0.3, -0.25) is 9.59 Å². The van der Waals surface area contributed by atoms with Crippen molar-refractivity contribution in [1.29, 1.82) is 0 Å². The zero-order valence-corrected chi connectivity index (χ0v) is 13.6. The van der Waals surface area contributed by atoms with Crippen LogP contribution in [0.15, 0.2) is 30.3 Å². The van der Waals surface area contributed by atoms with Crippen molar-refractivity contribution in [2.75, 3.05) is 5.75 Å². The maximum Gasteiger partial charge on any atom is 0.327 e. The number of nitrogens with one attached hydrogen (secondary N) is 2. The van der Waals surface area contributed by atoms with Gasteiger partial charge in [-0.2, -0.15) is 12.6 Å². The first kappa shape index (κ1) is 19.0. The number of thiol groups is 1. The van der Waals surface area contributed by atoms with Crippen molar-refractivity contribution in [2.45, 2.75) is 31.5 Å². The lowest BCUT2D eigenvalue weighted by Gasteiger charge is -2.21. The van der Waals surface area contributed by atoms with Crippen molar-refractivity contribution in [2.24, 2.45) is 5.73 Å². The summed E-state index contributed by atoms with van der Waals surface area (Å²) in [5.41, 5.74) is 6.33. The molecule has 2 amide bonds. The molecule has 0 heterocycles. The van der Waals surface area contributed by atoms with Gasteiger partial charge in [-0.1, -0.05) is 30.3 Å². The van der Waals surface area contributed by atoms with Crippen LogP contribution in [0.2, 0.25) is 0 Å². The van der Waals surface area contributed by atoms with E-state index in [4.69, 9.17) is 10.8 Å². The number of carbonyl (C=O) groups excluding carboxylic acids is 2. The standard InChI is InChI=1S/C15H21N3O4S/c1-9(16)13(19)17-11(7-10-5-3-2-4-6-10)14(20)18-12(8-23)15(21)22/h2-6,9,11-12,23H,7-8,16H2,1H3,(H,17,19)(H,18,20)(H,21,22). The predicted octanol–water partition coefficient (Wildman–Crippen LogP) is -0.440. The molecule has 7 nitrogen and oxygen atoms in total. The molecule has 126 valence electrons. The Hall–Kier alpha value is -2.06. The highest BCUT2D eigenvalue weighted by atomic mass is 32.1. The van der Waals surface area contributed by atoms with Crippen LogP contribution in [-0.2, 0) is 20.8 Å². The van der Waals surface area contributed by atoms with Gasteiger partial charge in [0.25, 0.3) is 0 Å². The third-order valence-corrected chi connectivity index (χ3v) is 3.49. The van der Waals surface area contributed by atoms with E-state index in [2.05, 4.69) is 23.3 Å². The van der Waals surface area contributed by atoms with Crippen LogP contribution < -0.4 is 16.4 Å². The Balaban J connectivity index is 2.87. The Labute approximate surface area is 140 Å². The summed E-state index contributed by atoms with van der Waals surface area (Å²) < 4.78 is 0. The van der Waals surface area contributed by atoms with Crippen LogP contribution in [-0.4, -0.2) is 46.8 Å². The normalized spacial score (nSPS) is 14.4. The van der Waals surface area contributed by atoms with E-state index < -0.39 is 35.9 Å². The summed E-state index contributed by atoms with van der Waals surface area (Å²) in [6, 6.07) is 6.25. The number of amides is 2. The molecular weight excluding hydrogens is 318 g/mol. The fourth-order valence-corrected chi connectivity index (χ4v) is 2.07. The second-order valence-electron chi connectivity index (χ2n) is 5.12. The minimum atomic E-state index is -1.19. The van der Waals surface area contributed by atoms with Crippen LogP contribution in [0.1, 0.15) is 12.5 Å². The first-order valence-electron chi connectivity index (χ1n) is 7.09. The van der Waals surface area contributed by atoms with Gasteiger partial charge >= 0.3 is 5.97 Å². The van der Waals surface area contributed by atoms with Crippen LogP contribution in [0, 0.1) is 0 Å². The van der Waals surface area contributed by atoms with E-state index in [1.165, 1.54) is 6.92 Å². The third-order valence-electron chi connectivity index (χ3n) is 3.13. The topological polar surface area (TPSA) is 122 Å². The summed E-state index contributed by atoms with van der Waals surface area (Å²) in [6.07, 6.45) is 0.226. The fraction of sp³-hybridized carbons (Fsp3) is 0.400. The van der Waals surface area contributed by atoms with E-state index in [9.17, 15) is 14.4 Å². The lowest BCUT2D eigenvalue weighted by molar-refractivity contribution is -0.141. The number of hydrogen-bond donors (Lipinski definition) is 5. The maximum absolute atomic E-state index is 12.3. The average molecular weight is 339 g/mol. The van der Waals surface area contributed by atoms with Gasteiger partial charge in [0, 0.05) is 12.2 Å². The summed E-state index contributed by atoms with van der Waals surface area (Å²) in [5, 5.41) is 13.9. The molecule has 1 aromatic rings. The Morgan fingerprint density at radius 3 is 2.17 bits per heavy atom. The van der Waals surface area contributed by atoms with Crippen LogP contribution in [0.4, 0.5) is 0 Å². The Morgan fingerprint density at radius 1 is 1.13 bits per heavy atom. The van der Waals surface area contributed by atoms with E-state index in [1.807, 2.05) is 30.3 Å². The molecule has 0 saturated heterocycles. The number of aliphatic carboxylic acids is 1. The molecule has 0 fully saturated rings. The van der Waals surface area contributed by atoms with Gasteiger partial charge in [0.2, 0.25) is 11.8 Å². The molecule has 0 aromatic heterocycles. The molecule has 3 atom stereocenters. The summed E-state index contributed by atoms with van der Waals surface area (Å²) in [7, 11) is 0. The first-order valence-corrected chi connectivity index (χ1v) is 7.72. The van der Waals surface area contributed by atoms with E-state index in [1.54, 1.807) is 0 Å². The quantitative estimate of drug-likeness (QED) is 0.411. The Bertz CT molecular complexity index is 551. The van der Waals surface area contributed by atoms with Crippen LogP contribution in [0.3, 0.4) is 0 Å². The number of nitrogens with two attached hydrogens (primary N) is 1. The summed E-state index contributed by atoms with van der Waals surface area (Å²) in [4.78, 5) is 35.1. The molecule has 0 aliphatic rings. The third kappa shape index (κ3) is 6.29. The first-order chi connectivity index (χ1) is 10.8. The second kappa shape index (κ2) is 9.16. The van der Waals surface area contributed by atoms with E-state index in [-0.39, 0.29) is 12.2 Å². The van der Waals surface area contributed by atoms with Crippen LogP contribution in [0.5, 0.6) is 0 Å². The van der Waals surface area contributed by atoms with Crippen molar-refractivity contribution < 1.29 is 19.5 Å². The zero-order chi connectivity index (χ0) is 17.4. The van der Waals surface area contributed by atoms with Gasteiger partial charge < -0.3 is 21.5 Å². The predicted molar refractivity (Wildman–Crippen MR) is 89.1 cm³/mol. The number of carboxylic acids is 1. The monoisotopic (exact) mass is 339 g/mol. The van der Waals surface area contributed by atoms with Crippen molar-refractivity contribution in [3.05, 3.63) is 35.9 Å². The van der Waals surface area contributed by atoms with E-state index >= 15 is 0 Å². The Kier molecular flexibility index (Phi) is 7.56. The minimum absolute atomic E-state index is 0.0552. The molecule has 0 spiro atoms. The number of rotatable bonds is 8. The molecule has 0 bridgehead atoms. The summed E-state index contributed by atoms with van der Waals surface area (Å²) in [6.45, 7) is 1.50. The largest absolute Gasteiger partial charge is 0.480 e. The molecule has 1 rings (SSSR count). The lowest BCUT2D eigenvalue weighted by atomic mass is 10.0. The van der Waals surface area contributed by atoms with Gasteiger partial charge in [-0.15, -0.1) is 0 Å². The van der Waals surface area contributed by atoms with Crippen molar-refractivity contribution in [3.63, 3.8) is 0 Å². The molecule has 23 heavy (non-hydrogen) atoms. The molecule has 3 unspecified atom stereocenters. The van der Waals surface area contributed by atoms with Crippen molar-refractivity contribution in [1.82, 2.24) is 10.6 Å². The molecule has 1 aromatic carbocycles. The van der Waals surface area contributed by atoms with Crippen LogP contribution >= 0.6 is 12.6 Å². The summed E-state index contributed by atoms with van der Waals surface area (Å²) in [5.74, 6) is -2.33. The molecule has 0 aliphatic carbocycles. The van der Waals surface area contributed by atoms with Crippen molar-refractivity contribution >= 4 is 30.4 Å². The smallest absolute Gasteiger partial charge is 0.327 e. The average Bonchev–Trinajstić information content (AvgIpc) is 2.52. The van der Waals surface area contributed by atoms with Gasteiger partial charge in [0.1, 0.15) is 12.1 Å². The second-order valence-corrected chi connectivity index (χ2v) is 5.49. The molecule has 8 heteroatoms. The highest BCUT2D eigenvalue weighted by Gasteiger charge is 2.26. The number of carboxylic acid groups (broad SMARTS) is 1. The number of benzene rings is 1. The minimum Gasteiger partial charge on any atom is -0.480 e. The van der Waals surface area contributed by atoms with Crippen LogP contribution in [0.25, 0.3) is 0 Å². The SMILES string of the molecule is CC(N)C(=O)NC(Cc1ccccc1)C(=O)NC(CS)C(=O)O. The molecular formula is C15H21N3O4S. The molecule has 5 N–H and O–H groups in total. The summed E-state index contributed by atoms with van der Waals surface area (Å²) >= 11 is 3.90. The van der Waals surface area contributed by atoms with E-state index in [0.717, 1.165) is 5.56 Å². The van der Waals surface area contributed by atoms with Gasteiger partial charge in [-0.25, -0.2) is 4.79 Å².